The van der Waals surface area contributed by atoms with Gasteiger partial charge < -0.3 is 10.2 Å². The molecule has 8 heteroatoms. The van der Waals surface area contributed by atoms with E-state index in [1.165, 1.54) is 12.5 Å². The molecule has 0 amide bonds. The molecular formula is C31H32FN7. The van der Waals surface area contributed by atoms with Gasteiger partial charge in [0.15, 0.2) is 5.65 Å². The van der Waals surface area contributed by atoms with E-state index < -0.39 is 0 Å². The molecule has 5 aromatic rings. The third kappa shape index (κ3) is 5.74. The van der Waals surface area contributed by atoms with Crippen molar-refractivity contribution in [1.82, 2.24) is 24.6 Å². The summed E-state index contributed by atoms with van der Waals surface area (Å²) in [6.45, 7) is 5.16. The van der Waals surface area contributed by atoms with Crippen molar-refractivity contribution in [3.8, 4) is 22.6 Å². The van der Waals surface area contributed by atoms with Gasteiger partial charge in [0.25, 0.3) is 0 Å². The van der Waals surface area contributed by atoms with Crippen LogP contribution >= 0.6 is 0 Å². The Morgan fingerprint density at radius 2 is 1.87 bits per heavy atom. The SMILES string of the molecule is CC1CCN(c2cc(-c3cccc(-c4cnc5ccc(NCCCCc6cccc(F)c6)nn45)n3)ccn2)C1. The van der Waals surface area contributed by atoms with Crippen LogP contribution in [-0.4, -0.2) is 44.2 Å². The van der Waals surface area contributed by atoms with Crippen LogP contribution in [0.25, 0.3) is 28.3 Å². The minimum atomic E-state index is -0.179. The molecule has 0 saturated carbocycles. The number of unbranched alkanes of at least 4 members (excludes halogenated alkanes) is 1. The lowest BCUT2D eigenvalue weighted by Gasteiger charge is -2.17. The summed E-state index contributed by atoms with van der Waals surface area (Å²) < 4.78 is 15.2. The number of fused-ring (bicyclic) bond motifs is 1. The number of hydrogen-bond donors (Lipinski definition) is 1. The first-order valence-electron chi connectivity index (χ1n) is 13.6. The molecule has 5 heterocycles. The van der Waals surface area contributed by atoms with Crippen LogP contribution in [0.1, 0.15) is 31.7 Å². The summed E-state index contributed by atoms with van der Waals surface area (Å²) in [5.41, 5.74) is 5.39. The molecule has 198 valence electrons. The predicted molar refractivity (Wildman–Crippen MR) is 153 cm³/mol. The number of pyridine rings is 2. The topological polar surface area (TPSA) is 71.2 Å². The second-order valence-corrected chi connectivity index (χ2v) is 10.3. The summed E-state index contributed by atoms with van der Waals surface area (Å²) in [6, 6.07) is 20.9. The summed E-state index contributed by atoms with van der Waals surface area (Å²) in [5.74, 6) is 2.30. The number of benzene rings is 1. The zero-order valence-corrected chi connectivity index (χ0v) is 22.1. The van der Waals surface area contributed by atoms with Gasteiger partial charge in [-0.3, -0.25) is 0 Å². The van der Waals surface area contributed by atoms with Crippen LogP contribution in [0, 0.1) is 11.7 Å². The average Bonchev–Trinajstić information content (AvgIpc) is 3.59. The number of imidazole rings is 1. The van der Waals surface area contributed by atoms with E-state index in [1.54, 1.807) is 12.1 Å². The molecule has 4 aromatic heterocycles. The third-order valence-corrected chi connectivity index (χ3v) is 7.25. The van der Waals surface area contributed by atoms with Crippen molar-refractivity contribution >= 4 is 17.3 Å². The van der Waals surface area contributed by atoms with Crippen molar-refractivity contribution in [1.29, 1.82) is 0 Å². The number of aromatic nitrogens is 5. The highest BCUT2D eigenvalue weighted by molar-refractivity contribution is 5.68. The van der Waals surface area contributed by atoms with Gasteiger partial charge in [-0.2, -0.15) is 0 Å². The molecule has 0 aliphatic carbocycles. The monoisotopic (exact) mass is 521 g/mol. The maximum atomic E-state index is 13.4. The fourth-order valence-corrected chi connectivity index (χ4v) is 5.14. The van der Waals surface area contributed by atoms with Crippen LogP contribution in [0.4, 0.5) is 16.0 Å². The molecule has 1 aromatic carbocycles. The van der Waals surface area contributed by atoms with Crippen molar-refractivity contribution < 1.29 is 4.39 Å². The Labute approximate surface area is 227 Å². The summed E-state index contributed by atoms with van der Waals surface area (Å²) >= 11 is 0. The van der Waals surface area contributed by atoms with Crippen molar-refractivity contribution in [3.05, 3.63) is 90.5 Å². The molecule has 1 aliphatic rings. The van der Waals surface area contributed by atoms with E-state index in [2.05, 4.69) is 33.2 Å². The minimum absolute atomic E-state index is 0.179. The van der Waals surface area contributed by atoms with Gasteiger partial charge in [-0.1, -0.05) is 25.1 Å². The van der Waals surface area contributed by atoms with E-state index >= 15 is 0 Å². The summed E-state index contributed by atoms with van der Waals surface area (Å²) in [7, 11) is 0. The molecule has 0 spiro atoms. The Kier molecular flexibility index (Phi) is 7.17. The molecule has 39 heavy (non-hydrogen) atoms. The van der Waals surface area contributed by atoms with Gasteiger partial charge in [0.2, 0.25) is 0 Å². The molecule has 1 fully saturated rings. The minimum Gasteiger partial charge on any atom is -0.369 e. The Hall–Kier alpha value is -4.33. The first-order chi connectivity index (χ1) is 19.1. The van der Waals surface area contributed by atoms with Crippen LogP contribution in [0.5, 0.6) is 0 Å². The molecule has 0 bridgehead atoms. The van der Waals surface area contributed by atoms with Gasteiger partial charge in [0.05, 0.1) is 17.6 Å². The summed E-state index contributed by atoms with van der Waals surface area (Å²) in [5, 5.41) is 8.20. The largest absolute Gasteiger partial charge is 0.369 e. The Balaban J connectivity index is 1.15. The molecular weight excluding hydrogens is 489 g/mol. The lowest BCUT2D eigenvalue weighted by atomic mass is 10.1. The zero-order chi connectivity index (χ0) is 26.6. The Morgan fingerprint density at radius 3 is 2.74 bits per heavy atom. The van der Waals surface area contributed by atoms with Crippen LogP contribution in [0.2, 0.25) is 0 Å². The van der Waals surface area contributed by atoms with Crippen LogP contribution in [0.15, 0.2) is 79.1 Å². The number of nitrogens with one attached hydrogen (secondary N) is 1. The smallest absolute Gasteiger partial charge is 0.154 e. The highest BCUT2D eigenvalue weighted by Gasteiger charge is 2.20. The van der Waals surface area contributed by atoms with Gasteiger partial charge in [0, 0.05) is 31.4 Å². The second-order valence-electron chi connectivity index (χ2n) is 10.3. The van der Waals surface area contributed by atoms with E-state index in [0.717, 1.165) is 84.4 Å². The lowest BCUT2D eigenvalue weighted by Crippen LogP contribution is -2.20. The highest BCUT2D eigenvalue weighted by atomic mass is 19.1. The van der Waals surface area contributed by atoms with Gasteiger partial charge in [-0.25, -0.2) is 23.9 Å². The van der Waals surface area contributed by atoms with Crippen LogP contribution in [-0.2, 0) is 6.42 Å². The quantitative estimate of drug-likeness (QED) is 0.231. The van der Waals surface area contributed by atoms with Gasteiger partial charge in [-0.05, 0) is 85.7 Å². The van der Waals surface area contributed by atoms with Crippen molar-refractivity contribution in [2.24, 2.45) is 5.92 Å². The molecule has 1 aliphatic heterocycles. The summed E-state index contributed by atoms with van der Waals surface area (Å²) in [6.07, 6.45) is 7.68. The number of halogens is 1. The van der Waals surface area contributed by atoms with Gasteiger partial charge in [0.1, 0.15) is 23.1 Å². The maximum absolute atomic E-state index is 13.4. The van der Waals surface area contributed by atoms with E-state index in [4.69, 9.17) is 10.1 Å². The molecule has 7 nitrogen and oxygen atoms in total. The highest BCUT2D eigenvalue weighted by Crippen LogP contribution is 2.28. The molecule has 0 radical (unpaired) electrons. The number of nitrogens with zero attached hydrogens (tertiary/aromatic N) is 6. The van der Waals surface area contributed by atoms with E-state index in [1.807, 2.05) is 59.4 Å². The van der Waals surface area contributed by atoms with Crippen molar-refractivity contribution in [2.45, 2.75) is 32.6 Å². The van der Waals surface area contributed by atoms with E-state index in [0.29, 0.717) is 5.92 Å². The number of anilines is 2. The molecule has 6 rings (SSSR count). The number of hydrogen-bond acceptors (Lipinski definition) is 6. The Bertz CT molecular complexity index is 1580. The van der Waals surface area contributed by atoms with Gasteiger partial charge in [-0.15, -0.1) is 5.10 Å². The van der Waals surface area contributed by atoms with Crippen molar-refractivity contribution in [3.63, 3.8) is 0 Å². The van der Waals surface area contributed by atoms with Crippen molar-refractivity contribution in [2.75, 3.05) is 29.9 Å². The second kappa shape index (κ2) is 11.2. The van der Waals surface area contributed by atoms with Crippen LogP contribution in [0.3, 0.4) is 0 Å². The number of rotatable bonds is 9. The van der Waals surface area contributed by atoms with E-state index in [-0.39, 0.29) is 5.82 Å². The Morgan fingerprint density at radius 1 is 0.974 bits per heavy atom. The predicted octanol–water partition coefficient (Wildman–Crippen LogP) is 6.27. The average molecular weight is 522 g/mol. The molecule has 1 saturated heterocycles. The van der Waals surface area contributed by atoms with E-state index in [9.17, 15) is 4.39 Å². The zero-order valence-electron chi connectivity index (χ0n) is 22.1. The third-order valence-electron chi connectivity index (χ3n) is 7.25. The fourth-order valence-electron chi connectivity index (χ4n) is 5.14. The normalized spacial score (nSPS) is 15.2. The maximum Gasteiger partial charge on any atom is 0.154 e. The first-order valence-corrected chi connectivity index (χ1v) is 13.6. The first kappa shape index (κ1) is 25.0. The standard InChI is InChI=1S/C31H32FN7/c1-22-14-17-38(21-22)31-19-24(13-16-34-31)26-9-5-10-27(36-26)28-20-35-30-12-11-29(37-39(28)30)33-15-3-2-6-23-7-4-8-25(32)18-23/h4-5,7-13,16,18-20,22H,2-3,6,14-15,17,21H2,1H3,(H,33,37). The molecule has 1 N–H and O–H groups in total. The van der Waals surface area contributed by atoms with Gasteiger partial charge >= 0.3 is 0 Å². The lowest BCUT2D eigenvalue weighted by molar-refractivity contribution is 0.624. The molecule has 1 atom stereocenters. The van der Waals surface area contributed by atoms with Crippen LogP contribution < -0.4 is 10.2 Å². The number of aryl methyl sites for hydroxylation is 1. The summed E-state index contributed by atoms with van der Waals surface area (Å²) in [4.78, 5) is 16.5. The fraction of sp³-hybridized carbons (Fsp3) is 0.290. The molecule has 1 unspecified atom stereocenters.